The predicted octanol–water partition coefficient (Wildman–Crippen LogP) is 2.98. The summed E-state index contributed by atoms with van der Waals surface area (Å²) in [6.07, 6.45) is 2.53. The molecule has 1 aliphatic carbocycles. The van der Waals surface area contributed by atoms with Crippen molar-refractivity contribution < 1.29 is 13.2 Å². The maximum atomic E-state index is 12.2. The smallest absolute Gasteiger partial charge is 0.242 e. The first-order valence-corrected chi connectivity index (χ1v) is 12.1. The van der Waals surface area contributed by atoms with E-state index in [0.717, 1.165) is 30.0 Å². The molecule has 0 saturated heterocycles. The Bertz CT molecular complexity index is 984. The van der Waals surface area contributed by atoms with Gasteiger partial charge in [0.05, 0.1) is 18.0 Å². The summed E-state index contributed by atoms with van der Waals surface area (Å²) in [6.45, 7) is 4.59. The van der Waals surface area contributed by atoms with Gasteiger partial charge in [0.2, 0.25) is 10.0 Å². The lowest BCUT2D eigenvalue weighted by atomic mass is 10.2. The van der Waals surface area contributed by atoms with Gasteiger partial charge in [0.15, 0.2) is 5.96 Å². The number of ether oxygens (including phenoxy) is 1. The quantitative estimate of drug-likeness (QED) is 0.435. The normalized spacial score (nSPS) is 14.5. The molecule has 0 bridgehead atoms. The molecule has 2 aromatic rings. The van der Waals surface area contributed by atoms with Gasteiger partial charge in [-0.25, -0.2) is 17.7 Å². The molecule has 0 aromatic heterocycles. The summed E-state index contributed by atoms with van der Waals surface area (Å²) in [5.74, 6) is 2.32. The van der Waals surface area contributed by atoms with Gasteiger partial charge >= 0.3 is 0 Å². The molecular weight excluding hydrogens is 412 g/mol. The third kappa shape index (κ3) is 6.70. The fourth-order valence-electron chi connectivity index (χ4n) is 2.95. The number of rotatable bonds is 10. The second-order valence-corrected chi connectivity index (χ2v) is 9.99. The fourth-order valence-corrected chi connectivity index (χ4v) is 3.85. The first kappa shape index (κ1) is 23.1. The number of benzene rings is 2. The SMILES string of the molecule is CCNC(=NCc1ccc(S(=O)(=O)N(C)C)cc1)NCc1ccccc1OCC1CC1. The second-order valence-electron chi connectivity index (χ2n) is 7.84. The Balaban J connectivity index is 1.62. The highest BCUT2D eigenvalue weighted by atomic mass is 32.2. The lowest BCUT2D eigenvalue weighted by Gasteiger charge is -2.15. The van der Waals surface area contributed by atoms with Gasteiger partial charge in [-0.1, -0.05) is 30.3 Å². The summed E-state index contributed by atoms with van der Waals surface area (Å²) in [5, 5.41) is 6.61. The average molecular weight is 445 g/mol. The highest BCUT2D eigenvalue weighted by Gasteiger charge is 2.22. The molecule has 1 fully saturated rings. The number of guanidine groups is 1. The monoisotopic (exact) mass is 444 g/mol. The predicted molar refractivity (Wildman–Crippen MR) is 124 cm³/mol. The summed E-state index contributed by atoms with van der Waals surface area (Å²) in [6, 6.07) is 14.9. The number of sulfonamides is 1. The van der Waals surface area contributed by atoms with Crippen molar-refractivity contribution in [3.05, 3.63) is 59.7 Å². The van der Waals surface area contributed by atoms with Crippen LogP contribution in [0.2, 0.25) is 0 Å². The summed E-state index contributed by atoms with van der Waals surface area (Å²) < 4.78 is 31.6. The molecule has 0 unspecified atom stereocenters. The Hall–Kier alpha value is -2.58. The fraction of sp³-hybridized carbons (Fsp3) is 0.435. The van der Waals surface area contributed by atoms with Crippen molar-refractivity contribution in [3.8, 4) is 5.75 Å². The van der Waals surface area contributed by atoms with Crippen molar-refractivity contribution in [2.24, 2.45) is 10.9 Å². The molecule has 0 aliphatic heterocycles. The van der Waals surface area contributed by atoms with Gasteiger partial charge in [0.25, 0.3) is 0 Å². The maximum Gasteiger partial charge on any atom is 0.242 e. The second kappa shape index (κ2) is 10.6. The minimum absolute atomic E-state index is 0.276. The van der Waals surface area contributed by atoms with Crippen LogP contribution in [0.15, 0.2) is 58.4 Å². The molecule has 31 heavy (non-hydrogen) atoms. The summed E-state index contributed by atoms with van der Waals surface area (Å²) in [4.78, 5) is 4.91. The van der Waals surface area contributed by atoms with Crippen molar-refractivity contribution in [2.45, 2.75) is 37.8 Å². The molecule has 0 radical (unpaired) electrons. The molecule has 7 nitrogen and oxygen atoms in total. The van der Waals surface area contributed by atoms with E-state index in [2.05, 4.69) is 21.7 Å². The van der Waals surface area contributed by atoms with Gasteiger partial charge in [-0.05, 0) is 49.4 Å². The van der Waals surface area contributed by atoms with Crippen LogP contribution >= 0.6 is 0 Å². The molecule has 0 spiro atoms. The molecule has 168 valence electrons. The minimum Gasteiger partial charge on any atom is -0.493 e. The van der Waals surface area contributed by atoms with Crippen LogP contribution < -0.4 is 15.4 Å². The van der Waals surface area contributed by atoms with Crippen LogP contribution in [-0.4, -0.2) is 45.9 Å². The molecule has 8 heteroatoms. The Kier molecular flexibility index (Phi) is 7.92. The number of aliphatic imine (C=N–C) groups is 1. The van der Waals surface area contributed by atoms with Crippen molar-refractivity contribution in [1.82, 2.24) is 14.9 Å². The molecule has 2 N–H and O–H groups in total. The van der Waals surface area contributed by atoms with E-state index in [9.17, 15) is 8.42 Å². The minimum atomic E-state index is -3.42. The van der Waals surface area contributed by atoms with Crippen LogP contribution in [-0.2, 0) is 23.1 Å². The first-order chi connectivity index (χ1) is 14.9. The van der Waals surface area contributed by atoms with Gasteiger partial charge in [-0.2, -0.15) is 0 Å². The van der Waals surface area contributed by atoms with Crippen LogP contribution in [0.4, 0.5) is 0 Å². The van der Waals surface area contributed by atoms with Gasteiger partial charge in [0, 0.05) is 32.7 Å². The Morgan fingerprint density at radius 2 is 1.81 bits per heavy atom. The van der Waals surface area contributed by atoms with Crippen molar-refractivity contribution >= 4 is 16.0 Å². The summed E-state index contributed by atoms with van der Waals surface area (Å²) in [7, 11) is -0.373. The highest BCUT2D eigenvalue weighted by molar-refractivity contribution is 7.89. The molecular formula is C23H32N4O3S. The van der Waals surface area contributed by atoms with Crippen LogP contribution in [0.25, 0.3) is 0 Å². The molecule has 0 heterocycles. The highest BCUT2D eigenvalue weighted by Crippen LogP contribution is 2.30. The third-order valence-electron chi connectivity index (χ3n) is 5.06. The van der Waals surface area contributed by atoms with Crippen LogP contribution in [0.3, 0.4) is 0 Å². The topological polar surface area (TPSA) is 83.0 Å². The van der Waals surface area contributed by atoms with Crippen molar-refractivity contribution in [1.29, 1.82) is 0 Å². The van der Waals surface area contributed by atoms with E-state index in [0.29, 0.717) is 25.0 Å². The molecule has 3 rings (SSSR count). The van der Waals surface area contributed by atoms with E-state index in [4.69, 9.17) is 4.74 Å². The van der Waals surface area contributed by atoms with E-state index in [-0.39, 0.29) is 4.90 Å². The lowest BCUT2D eigenvalue weighted by molar-refractivity contribution is 0.296. The Labute approximate surface area is 185 Å². The van der Waals surface area contributed by atoms with E-state index in [1.54, 1.807) is 24.3 Å². The number of nitrogens with one attached hydrogen (secondary N) is 2. The zero-order valence-corrected chi connectivity index (χ0v) is 19.3. The zero-order valence-electron chi connectivity index (χ0n) is 18.5. The number of nitrogens with zero attached hydrogens (tertiary/aromatic N) is 2. The van der Waals surface area contributed by atoms with Gasteiger partial charge < -0.3 is 15.4 Å². The maximum absolute atomic E-state index is 12.2. The van der Waals surface area contributed by atoms with Crippen molar-refractivity contribution in [2.75, 3.05) is 27.2 Å². The van der Waals surface area contributed by atoms with Crippen molar-refractivity contribution in [3.63, 3.8) is 0 Å². The van der Waals surface area contributed by atoms with E-state index < -0.39 is 10.0 Å². The van der Waals surface area contributed by atoms with E-state index in [1.807, 2.05) is 25.1 Å². The molecule has 1 saturated carbocycles. The molecule has 2 aromatic carbocycles. The number of hydrogen-bond acceptors (Lipinski definition) is 4. The summed E-state index contributed by atoms with van der Waals surface area (Å²) >= 11 is 0. The zero-order chi connectivity index (χ0) is 22.3. The third-order valence-corrected chi connectivity index (χ3v) is 6.89. The molecule has 0 amide bonds. The van der Waals surface area contributed by atoms with E-state index >= 15 is 0 Å². The van der Waals surface area contributed by atoms with Crippen LogP contribution in [0.1, 0.15) is 30.9 Å². The van der Waals surface area contributed by atoms with Gasteiger partial charge in [-0.15, -0.1) is 0 Å². The first-order valence-electron chi connectivity index (χ1n) is 10.6. The Morgan fingerprint density at radius 1 is 1.10 bits per heavy atom. The Morgan fingerprint density at radius 3 is 2.45 bits per heavy atom. The lowest BCUT2D eigenvalue weighted by Crippen LogP contribution is -2.36. The van der Waals surface area contributed by atoms with Crippen LogP contribution in [0.5, 0.6) is 5.75 Å². The molecule has 1 aliphatic rings. The average Bonchev–Trinajstić information content (AvgIpc) is 3.59. The number of hydrogen-bond donors (Lipinski definition) is 2. The van der Waals surface area contributed by atoms with Crippen LogP contribution in [0, 0.1) is 5.92 Å². The van der Waals surface area contributed by atoms with Gasteiger partial charge in [0.1, 0.15) is 5.75 Å². The summed E-state index contributed by atoms with van der Waals surface area (Å²) in [5.41, 5.74) is 2.02. The largest absolute Gasteiger partial charge is 0.493 e. The van der Waals surface area contributed by atoms with Gasteiger partial charge in [-0.3, -0.25) is 0 Å². The molecule has 0 atom stereocenters. The standard InChI is InChI=1S/C23H32N4O3S/c1-4-24-23(25-15-18-11-13-21(14-12-18)31(28,29)27(2)3)26-16-20-7-5-6-8-22(20)30-17-19-9-10-19/h5-8,11-14,19H,4,9-10,15-17H2,1-3H3,(H2,24,25,26). The van der Waals surface area contributed by atoms with E-state index in [1.165, 1.54) is 31.2 Å². The number of para-hydroxylation sites is 1.